The molecule has 4 heteroatoms. The number of carbonyl (C=O) groups is 1. The quantitative estimate of drug-likeness (QED) is 0.454. The molecule has 1 rings (SSSR count). The third-order valence-electron chi connectivity index (χ3n) is 1.95. The first-order chi connectivity index (χ1) is 5.74. The molecule has 0 spiro atoms. The second-order valence-electron chi connectivity index (χ2n) is 3.04. The molecule has 2 unspecified atom stereocenters. The van der Waals surface area contributed by atoms with Crippen molar-refractivity contribution in [1.29, 1.82) is 0 Å². The molecule has 4 nitrogen and oxygen atoms in total. The van der Waals surface area contributed by atoms with Crippen LogP contribution in [0.2, 0.25) is 0 Å². The molecule has 1 saturated heterocycles. The van der Waals surface area contributed by atoms with Gasteiger partial charge in [0.15, 0.2) is 0 Å². The Hall–Kier alpha value is -0.610. The van der Waals surface area contributed by atoms with Crippen molar-refractivity contribution in [2.75, 3.05) is 26.3 Å². The second-order valence-corrected chi connectivity index (χ2v) is 3.04. The van der Waals surface area contributed by atoms with Crippen LogP contribution in [-0.2, 0) is 9.53 Å². The topological polar surface area (TPSA) is 49.5 Å². The molecule has 1 aliphatic rings. The van der Waals surface area contributed by atoms with Gasteiger partial charge in [-0.25, -0.2) is 0 Å². The van der Waals surface area contributed by atoms with Gasteiger partial charge in [-0.2, -0.15) is 0 Å². The van der Waals surface area contributed by atoms with E-state index in [0.29, 0.717) is 12.5 Å². The fourth-order valence-electron chi connectivity index (χ4n) is 1.07. The Morgan fingerprint density at radius 1 is 1.75 bits per heavy atom. The minimum absolute atomic E-state index is 0.0914. The van der Waals surface area contributed by atoms with Gasteiger partial charge in [-0.3, -0.25) is 9.69 Å². The molecular formula is C8H15NO3. The van der Waals surface area contributed by atoms with Crippen molar-refractivity contribution in [1.82, 2.24) is 4.90 Å². The van der Waals surface area contributed by atoms with Crippen molar-refractivity contribution in [2.45, 2.75) is 19.4 Å². The summed E-state index contributed by atoms with van der Waals surface area (Å²) in [5.41, 5.74) is 0. The summed E-state index contributed by atoms with van der Waals surface area (Å²) in [5, 5.41) is 8.36. The molecule has 0 aliphatic carbocycles. The Morgan fingerprint density at radius 2 is 2.42 bits per heavy atom. The molecule has 0 aromatic carbocycles. The number of rotatable bonds is 5. The highest BCUT2D eigenvalue weighted by Gasteiger charge is 2.28. The number of aliphatic hydroxyl groups excluding tert-OH is 1. The highest BCUT2D eigenvalue weighted by Crippen LogP contribution is 2.15. The zero-order valence-corrected chi connectivity index (χ0v) is 7.32. The third kappa shape index (κ3) is 3.19. The van der Waals surface area contributed by atoms with Crippen LogP contribution in [0.15, 0.2) is 0 Å². The van der Waals surface area contributed by atoms with Gasteiger partial charge in [-0.15, -0.1) is 0 Å². The lowest BCUT2D eigenvalue weighted by Gasteiger charge is -2.02. The summed E-state index contributed by atoms with van der Waals surface area (Å²) in [6.45, 7) is 4.03. The highest BCUT2D eigenvalue weighted by atomic mass is 16.5. The van der Waals surface area contributed by atoms with Crippen LogP contribution < -0.4 is 0 Å². The van der Waals surface area contributed by atoms with Gasteiger partial charge in [0.05, 0.1) is 13.0 Å². The predicted octanol–water partition coefficient (Wildman–Crippen LogP) is -0.384. The number of ether oxygens (including phenoxy) is 1. The lowest BCUT2D eigenvalue weighted by atomic mass is 10.4. The van der Waals surface area contributed by atoms with Gasteiger partial charge in [0.2, 0.25) is 0 Å². The van der Waals surface area contributed by atoms with Crippen molar-refractivity contribution >= 4 is 5.97 Å². The van der Waals surface area contributed by atoms with Crippen LogP contribution >= 0.6 is 0 Å². The largest absolute Gasteiger partial charge is 0.463 e. The van der Waals surface area contributed by atoms with Crippen molar-refractivity contribution in [3.8, 4) is 0 Å². The molecule has 0 bridgehead atoms. The van der Waals surface area contributed by atoms with E-state index < -0.39 is 0 Å². The maximum Gasteiger partial charge on any atom is 0.307 e. The molecule has 0 amide bonds. The molecule has 1 fully saturated rings. The minimum atomic E-state index is -0.219. The van der Waals surface area contributed by atoms with E-state index in [1.54, 1.807) is 0 Å². The highest BCUT2D eigenvalue weighted by molar-refractivity contribution is 5.69. The smallest absolute Gasteiger partial charge is 0.307 e. The molecule has 1 N–H and O–H groups in total. The average Bonchev–Trinajstić information content (AvgIpc) is 2.75. The van der Waals surface area contributed by atoms with Crippen molar-refractivity contribution in [3.05, 3.63) is 0 Å². The molecule has 0 saturated carbocycles. The van der Waals surface area contributed by atoms with E-state index in [0.717, 1.165) is 13.1 Å². The Balaban J connectivity index is 1.95. The second kappa shape index (κ2) is 4.42. The number of nitrogens with zero attached hydrogens (tertiary/aromatic N) is 1. The summed E-state index contributed by atoms with van der Waals surface area (Å²) in [6, 6.07) is 0.635. The zero-order valence-electron chi connectivity index (χ0n) is 7.32. The summed E-state index contributed by atoms with van der Waals surface area (Å²) < 4.78 is 4.69. The fraction of sp³-hybridized carbons (Fsp3) is 0.875. The average molecular weight is 173 g/mol. The summed E-state index contributed by atoms with van der Waals surface area (Å²) in [6.07, 6.45) is 0.435. The Kier molecular flexibility index (Phi) is 3.49. The lowest BCUT2D eigenvalue weighted by Crippen LogP contribution is -2.13. The van der Waals surface area contributed by atoms with Gasteiger partial charge in [0, 0.05) is 19.1 Å². The minimum Gasteiger partial charge on any atom is -0.463 e. The first-order valence-electron chi connectivity index (χ1n) is 4.24. The van der Waals surface area contributed by atoms with Crippen molar-refractivity contribution in [2.24, 2.45) is 0 Å². The molecule has 0 aromatic rings. The summed E-state index contributed by atoms with van der Waals surface area (Å²) >= 11 is 0. The number of hydrogen-bond acceptors (Lipinski definition) is 4. The van der Waals surface area contributed by atoms with Crippen LogP contribution in [0.5, 0.6) is 0 Å². The van der Waals surface area contributed by atoms with E-state index in [2.05, 4.69) is 16.6 Å². The summed E-state index contributed by atoms with van der Waals surface area (Å²) in [4.78, 5) is 13.1. The molecule has 1 aliphatic heterocycles. The van der Waals surface area contributed by atoms with Crippen molar-refractivity contribution in [3.63, 3.8) is 0 Å². The van der Waals surface area contributed by atoms with Crippen molar-refractivity contribution < 1.29 is 14.6 Å². The maximum atomic E-state index is 10.9. The van der Waals surface area contributed by atoms with E-state index in [-0.39, 0.29) is 19.2 Å². The molecule has 12 heavy (non-hydrogen) atoms. The van der Waals surface area contributed by atoms with Crippen LogP contribution in [0.1, 0.15) is 13.3 Å². The molecular weight excluding hydrogens is 158 g/mol. The van der Waals surface area contributed by atoms with Gasteiger partial charge < -0.3 is 9.84 Å². The van der Waals surface area contributed by atoms with Crippen LogP contribution in [0.4, 0.5) is 0 Å². The SMILES string of the molecule is CC1CN1CCC(=O)OCCO. The van der Waals surface area contributed by atoms with E-state index >= 15 is 0 Å². The van der Waals surface area contributed by atoms with E-state index in [1.165, 1.54) is 0 Å². The van der Waals surface area contributed by atoms with E-state index in [4.69, 9.17) is 5.11 Å². The lowest BCUT2D eigenvalue weighted by molar-refractivity contribution is -0.144. The normalized spacial score (nSPS) is 26.8. The molecule has 0 radical (unpaired) electrons. The molecule has 0 aromatic heterocycles. The first kappa shape index (κ1) is 9.48. The van der Waals surface area contributed by atoms with Gasteiger partial charge in [0.1, 0.15) is 6.61 Å². The zero-order chi connectivity index (χ0) is 8.97. The molecule has 1 heterocycles. The van der Waals surface area contributed by atoms with Gasteiger partial charge >= 0.3 is 5.97 Å². The summed E-state index contributed by atoms with van der Waals surface area (Å²) in [5.74, 6) is -0.219. The summed E-state index contributed by atoms with van der Waals surface area (Å²) in [7, 11) is 0. The van der Waals surface area contributed by atoms with Crippen LogP contribution in [-0.4, -0.2) is 48.3 Å². The third-order valence-corrected chi connectivity index (χ3v) is 1.95. The molecule has 70 valence electrons. The first-order valence-corrected chi connectivity index (χ1v) is 4.24. The van der Waals surface area contributed by atoms with Gasteiger partial charge in [0.25, 0.3) is 0 Å². The Morgan fingerprint density at radius 3 is 2.92 bits per heavy atom. The van der Waals surface area contributed by atoms with Crippen LogP contribution in [0.25, 0.3) is 0 Å². The predicted molar refractivity (Wildman–Crippen MR) is 43.7 cm³/mol. The fourth-order valence-corrected chi connectivity index (χ4v) is 1.07. The van der Waals surface area contributed by atoms with E-state index in [9.17, 15) is 4.79 Å². The Bertz CT molecular complexity index is 160. The van der Waals surface area contributed by atoms with E-state index in [1.807, 2.05) is 0 Å². The maximum absolute atomic E-state index is 10.9. The Labute approximate surface area is 72.1 Å². The van der Waals surface area contributed by atoms with Crippen LogP contribution in [0, 0.1) is 0 Å². The monoisotopic (exact) mass is 173 g/mol. The standard InChI is InChI=1S/C8H15NO3/c1-7-6-9(7)3-2-8(11)12-5-4-10/h7,10H,2-6H2,1H3. The number of aliphatic hydroxyl groups is 1. The van der Waals surface area contributed by atoms with Gasteiger partial charge in [-0.1, -0.05) is 0 Å². The number of carbonyl (C=O) groups excluding carboxylic acids is 1. The number of esters is 1. The van der Waals surface area contributed by atoms with Gasteiger partial charge in [-0.05, 0) is 6.92 Å². The number of hydrogen-bond donors (Lipinski definition) is 1. The molecule has 2 atom stereocenters. The van der Waals surface area contributed by atoms with Crippen LogP contribution in [0.3, 0.4) is 0 Å².